The van der Waals surface area contributed by atoms with Crippen LogP contribution in [0.15, 0.2) is 0 Å². The smallest absolute Gasteiger partial charge is 0.224 e. The van der Waals surface area contributed by atoms with E-state index in [1.54, 1.807) is 0 Å². The number of amides is 1. The molecule has 0 saturated carbocycles. The number of hydrogen-bond donors (Lipinski definition) is 1. The first-order chi connectivity index (χ1) is 11.3. The molecule has 1 amide bonds. The Balaban J connectivity index is 0.00000156. The van der Waals surface area contributed by atoms with Gasteiger partial charge in [0.05, 0.1) is 13.2 Å². The monoisotopic (exact) mass is 411 g/mol. The molecule has 2 aliphatic heterocycles. The predicted molar refractivity (Wildman–Crippen MR) is 104 cm³/mol. The summed E-state index contributed by atoms with van der Waals surface area (Å²) in [6, 6.07) is 0.158. The molecule has 3 rings (SSSR count). The molecule has 2 fully saturated rings. The standard InChI is InChI=1S/C15H25N5O2S.2ClH/c1-2-13-17-15(23-18-13)20-6-3-5-19(7-8-20)14(21)10-12-11-22-9-4-16-12;;/h12,16H,2-11H2,1H3;2*1H. The maximum atomic E-state index is 12.5. The van der Waals surface area contributed by atoms with Gasteiger partial charge in [-0.05, 0) is 6.42 Å². The Bertz CT molecular complexity index is 528. The minimum absolute atomic E-state index is 0. The summed E-state index contributed by atoms with van der Waals surface area (Å²) in [5.74, 6) is 1.13. The summed E-state index contributed by atoms with van der Waals surface area (Å²) in [4.78, 5) is 21.3. The number of carbonyl (C=O) groups excluding carboxylic acids is 1. The van der Waals surface area contributed by atoms with Gasteiger partial charge in [0.2, 0.25) is 11.0 Å². The molecule has 0 spiro atoms. The Kier molecular flexibility index (Phi) is 9.96. The van der Waals surface area contributed by atoms with Crippen LogP contribution in [0.2, 0.25) is 0 Å². The van der Waals surface area contributed by atoms with Crippen molar-refractivity contribution in [1.29, 1.82) is 0 Å². The van der Waals surface area contributed by atoms with E-state index in [0.29, 0.717) is 13.0 Å². The van der Waals surface area contributed by atoms with Crippen molar-refractivity contribution in [2.75, 3.05) is 50.8 Å². The summed E-state index contributed by atoms with van der Waals surface area (Å²) >= 11 is 1.46. The Morgan fingerprint density at radius 3 is 2.84 bits per heavy atom. The lowest BCUT2D eigenvalue weighted by atomic mass is 10.1. The van der Waals surface area contributed by atoms with Crippen LogP contribution in [0.4, 0.5) is 5.13 Å². The number of aromatic nitrogens is 2. The third-order valence-electron chi connectivity index (χ3n) is 4.31. The van der Waals surface area contributed by atoms with E-state index < -0.39 is 0 Å². The predicted octanol–water partition coefficient (Wildman–Crippen LogP) is 1.36. The number of halogens is 2. The van der Waals surface area contributed by atoms with Gasteiger partial charge in [-0.25, -0.2) is 4.98 Å². The van der Waals surface area contributed by atoms with Crippen LogP contribution in [0.5, 0.6) is 0 Å². The van der Waals surface area contributed by atoms with Crippen molar-refractivity contribution in [2.24, 2.45) is 0 Å². The van der Waals surface area contributed by atoms with Crippen LogP contribution < -0.4 is 10.2 Å². The van der Waals surface area contributed by atoms with Crippen molar-refractivity contribution in [3.8, 4) is 0 Å². The van der Waals surface area contributed by atoms with E-state index in [9.17, 15) is 4.79 Å². The summed E-state index contributed by atoms with van der Waals surface area (Å²) in [5, 5.41) is 4.33. The number of nitrogens with zero attached hydrogens (tertiary/aromatic N) is 4. The van der Waals surface area contributed by atoms with Crippen LogP contribution in [0.25, 0.3) is 0 Å². The average Bonchev–Trinajstić information content (AvgIpc) is 2.92. The number of aryl methyl sites for hydroxylation is 1. The quantitative estimate of drug-likeness (QED) is 0.806. The molecule has 0 bridgehead atoms. The van der Waals surface area contributed by atoms with E-state index in [2.05, 4.69) is 26.5 Å². The lowest BCUT2D eigenvalue weighted by molar-refractivity contribution is -0.132. The Hall–Kier alpha value is -0.670. The zero-order chi connectivity index (χ0) is 16.1. The number of ether oxygens (including phenoxy) is 1. The first-order valence-corrected chi connectivity index (χ1v) is 9.20. The lowest BCUT2D eigenvalue weighted by Crippen LogP contribution is -2.45. The van der Waals surface area contributed by atoms with Crippen LogP contribution in [-0.2, 0) is 16.0 Å². The van der Waals surface area contributed by atoms with Gasteiger partial charge in [0.1, 0.15) is 5.82 Å². The van der Waals surface area contributed by atoms with E-state index in [0.717, 1.165) is 63.1 Å². The summed E-state index contributed by atoms with van der Waals surface area (Å²) in [6.45, 7) is 7.63. The van der Waals surface area contributed by atoms with E-state index in [-0.39, 0.29) is 36.8 Å². The van der Waals surface area contributed by atoms with Gasteiger partial charge in [0.15, 0.2) is 0 Å². The van der Waals surface area contributed by atoms with E-state index >= 15 is 0 Å². The highest BCUT2D eigenvalue weighted by molar-refractivity contribution is 7.09. The van der Waals surface area contributed by atoms with Crippen LogP contribution in [-0.4, -0.2) is 72.1 Å². The number of carbonyl (C=O) groups is 1. The molecule has 1 N–H and O–H groups in total. The molecule has 1 aromatic heterocycles. The molecule has 1 atom stereocenters. The van der Waals surface area contributed by atoms with Crippen molar-refractivity contribution < 1.29 is 9.53 Å². The van der Waals surface area contributed by atoms with E-state index in [1.807, 2.05) is 4.90 Å². The normalized spacial score (nSPS) is 21.1. The second kappa shape index (κ2) is 11.1. The molecule has 1 unspecified atom stereocenters. The summed E-state index contributed by atoms with van der Waals surface area (Å²) in [7, 11) is 0. The van der Waals surface area contributed by atoms with Gasteiger partial charge in [0, 0.05) is 63.1 Å². The van der Waals surface area contributed by atoms with Crippen molar-refractivity contribution >= 4 is 47.4 Å². The van der Waals surface area contributed by atoms with Crippen LogP contribution in [0.1, 0.15) is 25.6 Å². The third-order valence-corrected chi connectivity index (χ3v) is 5.13. The zero-order valence-corrected chi connectivity index (χ0v) is 16.9. The Morgan fingerprint density at radius 2 is 2.16 bits per heavy atom. The first-order valence-electron chi connectivity index (χ1n) is 8.42. The fourth-order valence-corrected chi connectivity index (χ4v) is 3.77. The van der Waals surface area contributed by atoms with Crippen molar-refractivity contribution in [3.63, 3.8) is 0 Å². The van der Waals surface area contributed by atoms with Crippen LogP contribution in [0.3, 0.4) is 0 Å². The van der Waals surface area contributed by atoms with Crippen LogP contribution >= 0.6 is 36.3 Å². The number of hydrogen-bond acceptors (Lipinski definition) is 7. The fraction of sp³-hybridized carbons (Fsp3) is 0.800. The summed E-state index contributed by atoms with van der Waals surface area (Å²) in [5.41, 5.74) is 0. The molecule has 25 heavy (non-hydrogen) atoms. The molecule has 0 aromatic carbocycles. The van der Waals surface area contributed by atoms with Gasteiger partial charge in [-0.15, -0.1) is 24.8 Å². The molecule has 2 aliphatic rings. The van der Waals surface area contributed by atoms with Crippen molar-refractivity contribution in [2.45, 2.75) is 32.2 Å². The molecule has 0 radical (unpaired) electrons. The first kappa shape index (κ1) is 22.4. The van der Waals surface area contributed by atoms with Crippen molar-refractivity contribution in [1.82, 2.24) is 19.6 Å². The summed E-state index contributed by atoms with van der Waals surface area (Å²) in [6.07, 6.45) is 2.37. The molecule has 3 heterocycles. The number of rotatable bonds is 4. The zero-order valence-electron chi connectivity index (χ0n) is 14.5. The van der Waals surface area contributed by atoms with Gasteiger partial charge in [-0.2, -0.15) is 4.37 Å². The van der Waals surface area contributed by atoms with E-state index in [1.165, 1.54) is 11.5 Å². The number of morpholine rings is 1. The molecule has 2 saturated heterocycles. The minimum atomic E-state index is 0. The molecular formula is C15H27Cl2N5O2S. The van der Waals surface area contributed by atoms with Gasteiger partial charge in [-0.1, -0.05) is 6.92 Å². The maximum absolute atomic E-state index is 12.5. The molecule has 7 nitrogen and oxygen atoms in total. The Labute approximate surface area is 165 Å². The molecular weight excluding hydrogens is 385 g/mol. The highest BCUT2D eigenvalue weighted by Gasteiger charge is 2.24. The van der Waals surface area contributed by atoms with Gasteiger partial charge < -0.3 is 19.9 Å². The maximum Gasteiger partial charge on any atom is 0.224 e. The average molecular weight is 412 g/mol. The lowest BCUT2D eigenvalue weighted by Gasteiger charge is -2.27. The summed E-state index contributed by atoms with van der Waals surface area (Å²) < 4.78 is 9.79. The van der Waals surface area contributed by atoms with Crippen LogP contribution in [0, 0.1) is 0 Å². The third kappa shape index (κ3) is 6.21. The van der Waals surface area contributed by atoms with Crippen molar-refractivity contribution in [3.05, 3.63) is 5.82 Å². The number of anilines is 1. The van der Waals surface area contributed by atoms with E-state index in [4.69, 9.17) is 4.74 Å². The Morgan fingerprint density at radius 1 is 1.32 bits per heavy atom. The molecule has 1 aromatic rings. The molecule has 144 valence electrons. The van der Waals surface area contributed by atoms with Gasteiger partial charge in [0.25, 0.3) is 0 Å². The SMILES string of the molecule is CCc1nsc(N2CCCN(C(=O)CC3COCCN3)CC2)n1.Cl.Cl. The minimum Gasteiger partial charge on any atom is -0.378 e. The second-order valence-corrected chi connectivity index (χ2v) is 6.73. The fourth-order valence-electron chi connectivity index (χ4n) is 2.97. The van der Waals surface area contributed by atoms with Gasteiger partial charge >= 0.3 is 0 Å². The molecule has 0 aliphatic carbocycles. The van der Waals surface area contributed by atoms with Gasteiger partial charge in [-0.3, -0.25) is 4.79 Å². The largest absolute Gasteiger partial charge is 0.378 e. The number of nitrogens with one attached hydrogen (secondary N) is 1. The second-order valence-electron chi connectivity index (χ2n) is 6.00. The highest BCUT2D eigenvalue weighted by Crippen LogP contribution is 2.19. The molecule has 10 heteroatoms. The highest BCUT2D eigenvalue weighted by atomic mass is 35.5. The topological polar surface area (TPSA) is 70.6 Å².